The van der Waals surface area contributed by atoms with Crippen molar-refractivity contribution in [2.75, 3.05) is 11.6 Å². The maximum atomic E-state index is 4.81. The van der Waals surface area contributed by atoms with Gasteiger partial charge in [0.25, 0.3) is 0 Å². The quantitative estimate of drug-likeness (QED) is 0.384. The van der Waals surface area contributed by atoms with Gasteiger partial charge in [0.2, 0.25) is 0 Å². The smallest absolute Gasteiger partial charge is 0.190 e. The predicted octanol–water partition coefficient (Wildman–Crippen LogP) is 6.81. The van der Waals surface area contributed by atoms with E-state index in [2.05, 4.69) is 68.1 Å². The third-order valence-electron chi connectivity index (χ3n) is 4.25. The Hall–Kier alpha value is -1.89. The molecule has 0 aliphatic carbocycles. The fourth-order valence-electron chi connectivity index (χ4n) is 3.26. The molecule has 0 bridgehead atoms. The Morgan fingerprint density at radius 1 is 1.00 bits per heavy atom. The lowest BCUT2D eigenvalue weighted by atomic mass is 9.98. The first-order valence-corrected chi connectivity index (χ1v) is 11.2. The number of hydrogen-bond acceptors (Lipinski definition) is 6. The number of fused-ring (bicyclic) bond motifs is 1. The minimum Gasteiger partial charge on any atom is -0.307 e. The van der Waals surface area contributed by atoms with Crippen LogP contribution in [-0.2, 0) is 0 Å². The van der Waals surface area contributed by atoms with E-state index in [0.29, 0.717) is 0 Å². The van der Waals surface area contributed by atoms with Crippen molar-refractivity contribution in [1.82, 2.24) is 9.97 Å². The molecular formula is C20H19N3S3. The minimum absolute atomic E-state index is 0.879. The Morgan fingerprint density at radius 2 is 1.77 bits per heavy atom. The second-order valence-corrected chi connectivity index (χ2v) is 9.00. The lowest BCUT2D eigenvalue weighted by Crippen LogP contribution is -1.92. The van der Waals surface area contributed by atoms with Crippen molar-refractivity contribution in [2.45, 2.75) is 25.7 Å². The minimum atomic E-state index is 0.879. The number of nitrogens with zero attached hydrogens (tertiary/aromatic N) is 2. The van der Waals surface area contributed by atoms with Crippen LogP contribution in [0.5, 0.6) is 0 Å². The lowest BCUT2D eigenvalue weighted by Gasteiger charge is -2.08. The largest absolute Gasteiger partial charge is 0.307 e. The van der Waals surface area contributed by atoms with E-state index >= 15 is 0 Å². The Morgan fingerprint density at radius 3 is 2.50 bits per heavy atom. The van der Waals surface area contributed by atoms with Gasteiger partial charge < -0.3 is 5.32 Å². The van der Waals surface area contributed by atoms with Crippen LogP contribution in [0.3, 0.4) is 0 Å². The first-order chi connectivity index (χ1) is 12.5. The molecule has 0 aliphatic rings. The Labute approximate surface area is 165 Å². The van der Waals surface area contributed by atoms with Gasteiger partial charge in [0.1, 0.15) is 0 Å². The number of rotatable bonds is 4. The topological polar surface area (TPSA) is 37.8 Å². The molecular weight excluding hydrogens is 378 g/mol. The van der Waals surface area contributed by atoms with Crippen LogP contribution in [-0.4, -0.2) is 16.2 Å². The van der Waals surface area contributed by atoms with Crippen LogP contribution in [0.1, 0.15) is 16.7 Å². The van der Waals surface area contributed by atoms with E-state index in [9.17, 15) is 0 Å². The highest BCUT2D eigenvalue weighted by atomic mass is 32.2. The van der Waals surface area contributed by atoms with Crippen molar-refractivity contribution >= 4 is 54.9 Å². The van der Waals surface area contributed by atoms with E-state index in [4.69, 9.17) is 9.97 Å². The molecule has 0 saturated heterocycles. The average Bonchev–Trinajstić information content (AvgIpc) is 3.20. The van der Waals surface area contributed by atoms with E-state index in [1.54, 1.807) is 34.4 Å². The number of aryl methyl sites for hydroxylation is 3. The molecule has 0 atom stereocenters. The molecule has 2 aromatic heterocycles. The summed E-state index contributed by atoms with van der Waals surface area (Å²) < 4.78 is 1.20. The van der Waals surface area contributed by atoms with Crippen LogP contribution in [0.2, 0.25) is 0 Å². The summed E-state index contributed by atoms with van der Waals surface area (Å²) in [7, 11) is 0. The number of thiazole rings is 2. The normalized spacial score (nSPS) is 11.2. The van der Waals surface area contributed by atoms with Crippen molar-refractivity contribution in [1.29, 1.82) is 0 Å². The zero-order chi connectivity index (χ0) is 18.3. The van der Waals surface area contributed by atoms with Gasteiger partial charge in [-0.2, -0.15) is 0 Å². The number of thioether (sulfide) groups is 1. The summed E-state index contributed by atoms with van der Waals surface area (Å²) in [4.78, 5) is 10.8. The van der Waals surface area contributed by atoms with Gasteiger partial charge in [-0.05, 0) is 50.3 Å². The monoisotopic (exact) mass is 397 g/mol. The SMILES string of the molecule is CSc1cccc2sc(Nc3nc(-c4c(C)cc(C)cc4C)cs3)nc12. The number of para-hydroxylation sites is 1. The predicted molar refractivity (Wildman–Crippen MR) is 116 cm³/mol. The first-order valence-electron chi connectivity index (χ1n) is 8.29. The van der Waals surface area contributed by atoms with Gasteiger partial charge >= 0.3 is 0 Å². The van der Waals surface area contributed by atoms with E-state index < -0.39 is 0 Å². The molecule has 4 aromatic rings. The van der Waals surface area contributed by atoms with E-state index in [1.807, 2.05) is 0 Å². The third-order valence-corrected chi connectivity index (χ3v) is 6.72. The van der Waals surface area contributed by atoms with Gasteiger partial charge in [0, 0.05) is 15.8 Å². The van der Waals surface area contributed by atoms with Gasteiger partial charge in [-0.1, -0.05) is 35.1 Å². The molecule has 0 radical (unpaired) electrons. The fraction of sp³-hybridized carbons (Fsp3) is 0.200. The van der Waals surface area contributed by atoms with Gasteiger partial charge in [-0.15, -0.1) is 23.1 Å². The Bertz CT molecular complexity index is 1070. The Kier molecular flexibility index (Phi) is 4.73. The second kappa shape index (κ2) is 7.02. The highest BCUT2D eigenvalue weighted by Crippen LogP contribution is 2.36. The Balaban J connectivity index is 1.66. The zero-order valence-electron chi connectivity index (χ0n) is 15.1. The molecule has 0 amide bonds. The maximum Gasteiger partial charge on any atom is 0.190 e. The molecule has 3 nitrogen and oxygen atoms in total. The van der Waals surface area contributed by atoms with Crippen molar-refractivity contribution in [2.24, 2.45) is 0 Å². The molecule has 26 heavy (non-hydrogen) atoms. The third kappa shape index (κ3) is 3.24. The van der Waals surface area contributed by atoms with Crippen LogP contribution in [0.15, 0.2) is 40.6 Å². The highest BCUT2D eigenvalue weighted by molar-refractivity contribution is 7.98. The summed E-state index contributed by atoms with van der Waals surface area (Å²) in [5, 5.41) is 7.28. The summed E-state index contributed by atoms with van der Waals surface area (Å²) in [6, 6.07) is 10.7. The van der Waals surface area contributed by atoms with Crippen LogP contribution in [0, 0.1) is 20.8 Å². The molecule has 132 valence electrons. The maximum absolute atomic E-state index is 4.81. The molecule has 0 saturated carbocycles. The van der Waals surface area contributed by atoms with Crippen molar-refractivity contribution in [3.05, 3.63) is 52.4 Å². The van der Waals surface area contributed by atoms with Crippen molar-refractivity contribution in [3.63, 3.8) is 0 Å². The second-order valence-electron chi connectivity index (χ2n) is 6.26. The summed E-state index contributed by atoms with van der Waals surface area (Å²) in [6.07, 6.45) is 2.08. The highest BCUT2D eigenvalue weighted by Gasteiger charge is 2.13. The number of aromatic nitrogens is 2. The van der Waals surface area contributed by atoms with Crippen LogP contribution < -0.4 is 5.32 Å². The molecule has 0 spiro atoms. The number of nitrogens with one attached hydrogen (secondary N) is 1. The van der Waals surface area contributed by atoms with Crippen LogP contribution >= 0.6 is 34.4 Å². The van der Waals surface area contributed by atoms with Crippen molar-refractivity contribution in [3.8, 4) is 11.3 Å². The molecule has 1 N–H and O–H groups in total. The summed E-state index contributed by atoms with van der Waals surface area (Å²) >= 11 is 5.01. The van der Waals surface area contributed by atoms with Gasteiger partial charge in [-0.25, -0.2) is 9.97 Å². The molecule has 2 heterocycles. The van der Waals surface area contributed by atoms with Crippen molar-refractivity contribution < 1.29 is 0 Å². The molecule has 0 fully saturated rings. The van der Waals surface area contributed by atoms with Gasteiger partial charge in [-0.3, -0.25) is 0 Å². The van der Waals surface area contributed by atoms with E-state index in [0.717, 1.165) is 21.5 Å². The van der Waals surface area contributed by atoms with Gasteiger partial charge in [0.15, 0.2) is 10.3 Å². The number of hydrogen-bond donors (Lipinski definition) is 1. The summed E-state index contributed by atoms with van der Waals surface area (Å²) in [6.45, 7) is 6.44. The molecule has 2 aromatic carbocycles. The van der Waals surface area contributed by atoms with Crippen LogP contribution in [0.4, 0.5) is 10.3 Å². The number of benzene rings is 2. The van der Waals surface area contributed by atoms with E-state index in [-0.39, 0.29) is 0 Å². The molecule has 6 heteroatoms. The molecule has 0 aliphatic heterocycles. The fourth-order valence-corrected chi connectivity index (χ4v) is 5.55. The average molecular weight is 398 g/mol. The molecule has 4 rings (SSSR count). The molecule has 0 unspecified atom stereocenters. The summed E-state index contributed by atoms with van der Waals surface area (Å²) in [5.41, 5.74) is 7.14. The lowest BCUT2D eigenvalue weighted by molar-refractivity contribution is 1.28. The van der Waals surface area contributed by atoms with Gasteiger partial charge in [0.05, 0.1) is 15.9 Å². The zero-order valence-corrected chi connectivity index (χ0v) is 17.5. The first kappa shape index (κ1) is 17.5. The van der Waals surface area contributed by atoms with E-state index in [1.165, 1.54) is 31.8 Å². The van der Waals surface area contributed by atoms with Crippen LogP contribution in [0.25, 0.3) is 21.5 Å². The summed E-state index contributed by atoms with van der Waals surface area (Å²) in [5.74, 6) is 0. The number of anilines is 2. The standard InChI is InChI=1S/C20H19N3S3/c1-11-8-12(2)17(13(3)9-11)14-10-25-19(21-14)23-20-22-18-15(24-4)6-5-7-16(18)26-20/h5-10H,1-4H3,(H,21,22,23).